The second-order valence-corrected chi connectivity index (χ2v) is 6.29. The molecular formula is C16H18FN5S. The Morgan fingerprint density at radius 3 is 2.87 bits per heavy atom. The van der Waals surface area contributed by atoms with Crippen LogP contribution < -0.4 is 5.73 Å². The molecule has 0 bridgehead atoms. The molecule has 3 rings (SSSR count). The van der Waals surface area contributed by atoms with Gasteiger partial charge in [0.25, 0.3) is 0 Å². The van der Waals surface area contributed by atoms with Crippen molar-refractivity contribution in [3.8, 4) is 0 Å². The number of thioether (sulfide) groups is 1. The van der Waals surface area contributed by atoms with Crippen LogP contribution in [-0.2, 0) is 6.54 Å². The van der Waals surface area contributed by atoms with Crippen LogP contribution in [0.25, 0.3) is 11.2 Å². The number of anilines is 1. The first-order valence-corrected chi connectivity index (χ1v) is 8.52. The molecule has 120 valence electrons. The summed E-state index contributed by atoms with van der Waals surface area (Å²) in [5.74, 6) is 1.07. The average Bonchev–Trinajstić information content (AvgIpc) is 2.94. The molecule has 0 saturated carbocycles. The lowest BCUT2D eigenvalue weighted by Crippen LogP contribution is -2.04. The molecule has 0 aliphatic carbocycles. The van der Waals surface area contributed by atoms with Crippen molar-refractivity contribution in [2.75, 3.05) is 11.5 Å². The van der Waals surface area contributed by atoms with Gasteiger partial charge in [-0.1, -0.05) is 43.3 Å². The summed E-state index contributed by atoms with van der Waals surface area (Å²) < 4.78 is 15.7. The van der Waals surface area contributed by atoms with Crippen LogP contribution in [0.1, 0.15) is 25.3 Å². The maximum atomic E-state index is 13.9. The Bertz CT molecular complexity index is 817. The van der Waals surface area contributed by atoms with Crippen molar-refractivity contribution >= 4 is 28.7 Å². The molecule has 0 aliphatic heterocycles. The van der Waals surface area contributed by atoms with E-state index in [1.54, 1.807) is 34.8 Å². The summed E-state index contributed by atoms with van der Waals surface area (Å²) in [4.78, 5) is 13.1. The lowest BCUT2D eigenvalue weighted by atomic mass is 10.2. The highest BCUT2D eigenvalue weighted by Crippen LogP contribution is 2.23. The molecule has 0 spiro atoms. The van der Waals surface area contributed by atoms with Gasteiger partial charge in [0.2, 0.25) is 0 Å². The Balaban J connectivity index is 1.93. The largest absolute Gasteiger partial charge is 0.382 e. The molecule has 23 heavy (non-hydrogen) atoms. The lowest BCUT2D eigenvalue weighted by Gasteiger charge is -2.06. The van der Waals surface area contributed by atoms with Gasteiger partial charge >= 0.3 is 0 Å². The summed E-state index contributed by atoms with van der Waals surface area (Å²) in [6, 6.07) is 6.69. The van der Waals surface area contributed by atoms with Crippen molar-refractivity contribution in [2.24, 2.45) is 0 Å². The molecule has 1 aromatic carbocycles. The third-order valence-electron chi connectivity index (χ3n) is 3.50. The van der Waals surface area contributed by atoms with Gasteiger partial charge in [-0.15, -0.1) is 0 Å². The van der Waals surface area contributed by atoms with Crippen molar-refractivity contribution in [3.63, 3.8) is 0 Å². The number of imidazole rings is 1. The highest BCUT2D eigenvalue weighted by atomic mass is 32.2. The number of nitrogen functional groups attached to an aromatic ring is 1. The molecule has 3 aromatic rings. The highest BCUT2D eigenvalue weighted by molar-refractivity contribution is 7.99. The van der Waals surface area contributed by atoms with E-state index in [2.05, 4.69) is 21.9 Å². The molecule has 0 unspecified atom stereocenters. The number of benzene rings is 1. The molecule has 5 nitrogen and oxygen atoms in total. The van der Waals surface area contributed by atoms with E-state index in [4.69, 9.17) is 5.73 Å². The van der Waals surface area contributed by atoms with E-state index in [9.17, 15) is 4.39 Å². The van der Waals surface area contributed by atoms with E-state index in [1.165, 1.54) is 6.07 Å². The molecule has 0 amide bonds. The smallest absolute Gasteiger partial charge is 0.191 e. The molecule has 0 aliphatic rings. The number of hydrogen-bond acceptors (Lipinski definition) is 5. The first-order chi connectivity index (χ1) is 11.2. The Labute approximate surface area is 138 Å². The van der Waals surface area contributed by atoms with Crippen LogP contribution >= 0.6 is 11.8 Å². The Hall–Kier alpha value is -2.15. The van der Waals surface area contributed by atoms with Gasteiger partial charge in [0.15, 0.2) is 16.6 Å². The van der Waals surface area contributed by atoms with Gasteiger partial charge in [-0.25, -0.2) is 19.3 Å². The summed E-state index contributed by atoms with van der Waals surface area (Å²) in [6.45, 7) is 2.50. The first kappa shape index (κ1) is 15.7. The standard InChI is InChI=1S/C16H18FN5S/c1-2-3-8-23-16-20-14(18)13-15(21-16)22(10-19-13)9-11-6-4-5-7-12(11)17/h4-7,10H,2-3,8-9H2,1H3,(H2,18,20,21). The lowest BCUT2D eigenvalue weighted by molar-refractivity contribution is 0.601. The highest BCUT2D eigenvalue weighted by Gasteiger charge is 2.13. The Morgan fingerprint density at radius 2 is 2.09 bits per heavy atom. The van der Waals surface area contributed by atoms with Crippen molar-refractivity contribution in [1.29, 1.82) is 0 Å². The predicted octanol–water partition coefficient (Wildman–Crippen LogP) is 3.49. The molecule has 0 radical (unpaired) electrons. The second kappa shape index (κ2) is 6.95. The van der Waals surface area contributed by atoms with E-state index >= 15 is 0 Å². The summed E-state index contributed by atoms with van der Waals surface area (Å²) in [5.41, 5.74) is 7.77. The molecule has 0 saturated heterocycles. The van der Waals surface area contributed by atoms with Crippen molar-refractivity contribution in [3.05, 3.63) is 42.0 Å². The van der Waals surface area contributed by atoms with Crippen molar-refractivity contribution < 1.29 is 4.39 Å². The van der Waals surface area contributed by atoms with E-state index in [0.29, 0.717) is 34.2 Å². The van der Waals surface area contributed by atoms with Gasteiger partial charge in [0, 0.05) is 11.3 Å². The Kier molecular flexibility index (Phi) is 4.76. The summed E-state index contributed by atoms with van der Waals surface area (Å²) in [7, 11) is 0. The fourth-order valence-electron chi connectivity index (χ4n) is 2.24. The number of halogens is 1. The number of unbranched alkanes of at least 4 members (excludes halogenated alkanes) is 1. The molecule has 0 atom stereocenters. The summed E-state index contributed by atoms with van der Waals surface area (Å²) in [6.07, 6.45) is 3.85. The fourth-order valence-corrected chi connectivity index (χ4v) is 3.17. The van der Waals surface area contributed by atoms with E-state index in [-0.39, 0.29) is 5.82 Å². The fraction of sp³-hybridized carbons (Fsp3) is 0.312. The van der Waals surface area contributed by atoms with E-state index in [1.807, 2.05) is 6.07 Å². The van der Waals surface area contributed by atoms with Crippen LogP contribution in [0.5, 0.6) is 0 Å². The minimum atomic E-state index is -0.242. The zero-order chi connectivity index (χ0) is 16.2. The number of nitrogens with zero attached hydrogens (tertiary/aromatic N) is 4. The molecule has 2 heterocycles. The number of fused-ring (bicyclic) bond motifs is 1. The van der Waals surface area contributed by atoms with Gasteiger partial charge in [-0.2, -0.15) is 0 Å². The normalized spacial score (nSPS) is 11.2. The van der Waals surface area contributed by atoms with Crippen LogP contribution in [0.2, 0.25) is 0 Å². The SMILES string of the molecule is CCCCSc1nc(N)c2ncn(Cc3ccccc3F)c2n1. The second-order valence-electron chi connectivity index (χ2n) is 5.23. The van der Waals surface area contributed by atoms with Gasteiger partial charge in [-0.05, 0) is 12.5 Å². The zero-order valence-electron chi connectivity index (χ0n) is 12.9. The van der Waals surface area contributed by atoms with Crippen LogP contribution in [0.15, 0.2) is 35.7 Å². The molecular weight excluding hydrogens is 313 g/mol. The quantitative estimate of drug-likeness (QED) is 0.425. The number of rotatable bonds is 6. The van der Waals surface area contributed by atoms with E-state index < -0.39 is 0 Å². The predicted molar refractivity (Wildman–Crippen MR) is 90.9 cm³/mol. The summed E-state index contributed by atoms with van der Waals surface area (Å²) >= 11 is 1.58. The molecule has 0 fully saturated rings. The number of hydrogen-bond donors (Lipinski definition) is 1. The van der Waals surface area contributed by atoms with Gasteiger partial charge < -0.3 is 10.3 Å². The third-order valence-corrected chi connectivity index (χ3v) is 4.43. The van der Waals surface area contributed by atoms with Crippen molar-refractivity contribution in [1.82, 2.24) is 19.5 Å². The van der Waals surface area contributed by atoms with Crippen LogP contribution in [0, 0.1) is 5.82 Å². The minimum Gasteiger partial charge on any atom is -0.382 e. The maximum absolute atomic E-state index is 13.9. The third kappa shape index (κ3) is 3.44. The van der Waals surface area contributed by atoms with Crippen molar-refractivity contribution in [2.45, 2.75) is 31.5 Å². The van der Waals surface area contributed by atoms with Gasteiger partial charge in [0.1, 0.15) is 11.3 Å². The van der Waals surface area contributed by atoms with Crippen LogP contribution in [0.4, 0.5) is 10.2 Å². The van der Waals surface area contributed by atoms with Crippen LogP contribution in [0.3, 0.4) is 0 Å². The topological polar surface area (TPSA) is 69.6 Å². The number of nitrogens with two attached hydrogens (primary N) is 1. The maximum Gasteiger partial charge on any atom is 0.191 e. The minimum absolute atomic E-state index is 0.242. The average molecular weight is 331 g/mol. The zero-order valence-corrected chi connectivity index (χ0v) is 13.7. The summed E-state index contributed by atoms with van der Waals surface area (Å²) in [5, 5.41) is 0.638. The Morgan fingerprint density at radius 1 is 1.26 bits per heavy atom. The van der Waals surface area contributed by atoms with E-state index in [0.717, 1.165) is 18.6 Å². The monoisotopic (exact) mass is 331 g/mol. The number of aromatic nitrogens is 4. The van der Waals surface area contributed by atoms with Gasteiger partial charge in [0.05, 0.1) is 12.9 Å². The molecule has 2 aromatic heterocycles. The molecule has 2 N–H and O–H groups in total. The van der Waals surface area contributed by atoms with Gasteiger partial charge in [-0.3, -0.25) is 0 Å². The first-order valence-electron chi connectivity index (χ1n) is 7.53. The van der Waals surface area contributed by atoms with Crippen LogP contribution in [-0.4, -0.2) is 25.3 Å². The molecule has 7 heteroatoms.